The smallest absolute Gasteiger partial charge is 0.178 e. The highest BCUT2D eigenvalue weighted by atomic mass is 16.5. The van der Waals surface area contributed by atoms with Gasteiger partial charge in [0.1, 0.15) is 23.0 Å². The summed E-state index contributed by atoms with van der Waals surface area (Å²) < 4.78 is 7.03. The maximum Gasteiger partial charge on any atom is 0.178 e. The molecule has 5 heteroatoms. The third-order valence-corrected chi connectivity index (χ3v) is 7.33. The molecule has 0 aromatic heterocycles. The molecule has 0 unspecified atom stereocenters. The quantitative estimate of drug-likeness (QED) is 0.203. The molecule has 1 heterocycles. The normalized spacial score (nSPS) is 14.1. The largest absolute Gasteiger partial charge is 0.508 e. The molecule has 194 valence electrons. The average Bonchev–Trinajstić information content (AvgIpc) is 2.92. The molecular weight excluding hydrogens is 488 g/mol. The van der Waals surface area contributed by atoms with Gasteiger partial charge < -0.3 is 25.2 Å². The molecule has 6 rings (SSSR count). The van der Waals surface area contributed by atoms with Crippen molar-refractivity contribution in [3.05, 3.63) is 125 Å². The van der Waals surface area contributed by atoms with Gasteiger partial charge in [0.2, 0.25) is 0 Å². The Bertz CT molecular complexity index is 1680. The summed E-state index contributed by atoms with van der Waals surface area (Å²) in [6.07, 6.45) is 4.01. The van der Waals surface area contributed by atoms with Crippen LogP contribution >= 0.6 is 0 Å². The standard InChI is InChI=1S/C34H28O5/c1-33(2,38)31-20-26(37)15-16-28(31)30-19-21-5-3-4-6-27(21)32-29(30)17-18-34(39-32,22-7-11-24(35)12-8-22)23-9-13-25(36)14-10-23/h3-20,35-38H,1-2H3. The maximum absolute atomic E-state index is 11.0. The summed E-state index contributed by atoms with van der Waals surface area (Å²) in [6.45, 7) is 3.40. The second kappa shape index (κ2) is 8.93. The fourth-order valence-electron chi connectivity index (χ4n) is 5.39. The van der Waals surface area contributed by atoms with E-state index in [0.717, 1.165) is 38.6 Å². The molecule has 0 saturated heterocycles. The first kappa shape index (κ1) is 24.6. The summed E-state index contributed by atoms with van der Waals surface area (Å²) in [6, 6.07) is 28.9. The van der Waals surface area contributed by atoms with Crippen LogP contribution in [0.4, 0.5) is 0 Å². The number of fused-ring (bicyclic) bond motifs is 3. The van der Waals surface area contributed by atoms with Crippen LogP contribution in [-0.4, -0.2) is 20.4 Å². The molecular formula is C34H28O5. The van der Waals surface area contributed by atoms with Crippen LogP contribution in [0.3, 0.4) is 0 Å². The number of rotatable bonds is 4. The second-order valence-corrected chi connectivity index (χ2v) is 10.4. The predicted octanol–water partition coefficient (Wildman–Crippen LogP) is 7.20. The molecule has 0 spiro atoms. The highest BCUT2D eigenvalue weighted by molar-refractivity contribution is 5.99. The molecule has 1 aliphatic heterocycles. The minimum Gasteiger partial charge on any atom is -0.508 e. The van der Waals surface area contributed by atoms with Crippen LogP contribution in [0.5, 0.6) is 23.0 Å². The molecule has 0 saturated carbocycles. The molecule has 0 fully saturated rings. The highest BCUT2D eigenvalue weighted by Gasteiger charge is 2.39. The topological polar surface area (TPSA) is 90.2 Å². The molecule has 4 N–H and O–H groups in total. The van der Waals surface area contributed by atoms with E-state index < -0.39 is 11.2 Å². The van der Waals surface area contributed by atoms with Crippen LogP contribution in [0.2, 0.25) is 0 Å². The van der Waals surface area contributed by atoms with E-state index in [0.29, 0.717) is 11.3 Å². The molecule has 0 amide bonds. The van der Waals surface area contributed by atoms with Gasteiger partial charge in [-0.25, -0.2) is 0 Å². The van der Waals surface area contributed by atoms with Gasteiger partial charge in [-0.15, -0.1) is 0 Å². The summed E-state index contributed by atoms with van der Waals surface area (Å²) in [7, 11) is 0. The summed E-state index contributed by atoms with van der Waals surface area (Å²) in [4.78, 5) is 0. The Labute approximate surface area is 226 Å². The van der Waals surface area contributed by atoms with Crippen molar-refractivity contribution in [1.29, 1.82) is 0 Å². The van der Waals surface area contributed by atoms with Gasteiger partial charge in [-0.3, -0.25) is 0 Å². The number of aliphatic hydroxyl groups is 1. The molecule has 1 aliphatic rings. The number of phenols is 3. The zero-order chi connectivity index (χ0) is 27.4. The van der Waals surface area contributed by atoms with Gasteiger partial charge in [0, 0.05) is 22.1 Å². The fourth-order valence-corrected chi connectivity index (χ4v) is 5.39. The Morgan fingerprint density at radius 3 is 1.87 bits per heavy atom. The summed E-state index contributed by atoms with van der Waals surface area (Å²) in [5, 5.41) is 43.1. The van der Waals surface area contributed by atoms with E-state index in [4.69, 9.17) is 4.74 Å². The highest BCUT2D eigenvalue weighted by Crippen LogP contribution is 2.49. The van der Waals surface area contributed by atoms with Gasteiger partial charge >= 0.3 is 0 Å². The van der Waals surface area contributed by atoms with E-state index >= 15 is 0 Å². The van der Waals surface area contributed by atoms with Gasteiger partial charge in [-0.2, -0.15) is 0 Å². The SMILES string of the molecule is CC(C)(O)c1cc(O)ccc1-c1cc2ccccc2c2c1C=CC(c1ccc(O)cc1)(c1ccc(O)cc1)O2. The summed E-state index contributed by atoms with van der Waals surface area (Å²) >= 11 is 0. The number of benzene rings is 5. The maximum atomic E-state index is 11.0. The number of aromatic hydroxyl groups is 3. The molecule has 0 bridgehead atoms. The molecule has 5 aromatic rings. The number of hydrogen-bond donors (Lipinski definition) is 4. The van der Waals surface area contributed by atoms with Crippen LogP contribution < -0.4 is 4.74 Å². The van der Waals surface area contributed by atoms with E-state index in [9.17, 15) is 20.4 Å². The Balaban J connectivity index is 1.65. The number of ether oxygens (including phenoxy) is 1. The lowest BCUT2D eigenvalue weighted by molar-refractivity contribution is 0.0789. The minimum absolute atomic E-state index is 0.0796. The van der Waals surface area contributed by atoms with Gasteiger partial charge in [-0.05, 0) is 90.5 Å². The van der Waals surface area contributed by atoms with Gasteiger partial charge in [0.05, 0.1) is 5.60 Å². The van der Waals surface area contributed by atoms with E-state index in [1.807, 2.05) is 66.7 Å². The zero-order valence-electron chi connectivity index (χ0n) is 21.6. The van der Waals surface area contributed by atoms with Gasteiger partial charge in [0.15, 0.2) is 5.60 Å². The molecule has 39 heavy (non-hydrogen) atoms. The fraction of sp³-hybridized carbons (Fsp3) is 0.118. The molecule has 5 nitrogen and oxygen atoms in total. The Hall–Kier alpha value is -4.74. The van der Waals surface area contributed by atoms with Crippen molar-refractivity contribution in [3.63, 3.8) is 0 Å². The summed E-state index contributed by atoms with van der Waals surface area (Å²) in [5.41, 5.74) is 2.48. The van der Waals surface area contributed by atoms with Crippen molar-refractivity contribution in [2.45, 2.75) is 25.0 Å². The van der Waals surface area contributed by atoms with Crippen LogP contribution in [0.25, 0.3) is 28.0 Å². The second-order valence-electron chi connectivity index (χ2n) is 10.4. The first-order chi connectivity index (χ1) is 18.7. The zero-order valence-corrected chi connectivity index (χ0v) is 21.6. The number of phenolic OH excluding ortho intramolecular Hbond substituents is 3. The van der Waals surface area contributed by atoms with E-state index in [1.54, 1.807) is 50.2 Å². The van der Waals surface area contributed by atoms with Crippen LogP contribution in [0, 0.1) is 0 Å². The minimum atomic E-state index is -1.20. The van der Waals surface area contributed by atoms with Gasteiger partial charge in [0.25, 0.3) is 0 Å². The van der Waals surface area contributed by atoms with Crippen molar-refractivity contribution in [1.82, 2.24) is 0 Å². The monoisotopic (exact) mass is 516 g/mol. The van der Waals surface area contributed by atoms with E-state index in [2.05, 4.69) is 6.07 Å². The van der Waals surface area contributed by atoms with Crippen LogP contribution in [0.15, 0.2) is 103 Å². The lowest BCUT2D eigenvalue weighted by Crippen LogP contribution is -2.34. The molecule has 5 aromatic carbocycles. The van der Waals surface area contributed by atoms with Crippen molar-refractivity contribution in [3.8, 4) is 34.1 Å². The predicted molar refractivity (Wildman–Crippen MR) is 153 cm³/mol. The lowest BCUT2D eigenvalue weighted by atomic mass is 9.81. The van der Waals surface area contributed by atoms with Crippen molar-refractivity contribution < 1.29 is 25.2 Å². The van der Waals surface area contributed by atoms with Crippen molar-refractivity contribution in [2.75, 3.05) is 0 Å². The molecule has 0 aliphatic carbocycles. The van der Waals surface area contributed by atoms with E-state index in [-0.39, 0.29) is 17.2 Å². The van der Waals surface area contributed by atoms with E-state index in [1.165, 1.54) is 0 Å². The third kappa shape index (κ3) is 4.17. The van der Waals surface area contributed by atoms with Crippen LogP contribution in [0.1, 0.15) is 36.1 Å². The Kier molecular flexibility index (Phi) is 5.63. The average molecular weight is 517 g/mol. The molecule has 0 radical (unpaired) electrons. The molecule has 0 atom stereocenters. The first-order valence-electron chi connectivity index (χ1n) is 12.7. The van der Waals surface area contributed by atoms with Gasteiger partial charge in [-0.1, -0.05) is 54.6 Å². The Morgan fingerprint density at radius 2 is 1.26 bits per heavy atom. The summed E-state index contributed by atoms with van der Waals surface area (Å²) in [5.74, 6) is 1.05. The number of hydrogen-bond acceptors (Lipinski definition) is 5. The lowest BCUT2D eigenvalue weighted by Gasteiger charge is -2.37. The van der Waals surface area contributed by atoms with Crippen molar-refractivity contribution >= 4 is 16.8 Å². The first-order valence-corrected chi connectivity index (χ1v) is 12.7. The third-order valence-electron chi connectivity index (χ3n) is 7.33. The van der Waals surface area contributed by atoms with Crippen molar-refractivity contribution in [2.24, 2.45) is 0 Å². The Morgan fingerprint density at radius 1 is 0.667 bits per heavy atom. The van der Waals surface area contributed by atoms with Crippen LogP contribution in [-0.2, 0) is 11.2 Å².